The third-order valence-corrected chi connectivity index (χ3v) is 6.72. The van der Waals surface area contributed by atoms with Gasteiger partial charge in [-0.2, -0.15) is 0 Å². The Hall–Kier alpha value is -2.37. The molecule has 3 aromatic rings. The summed E-state index contributed by atoms with van der Waals surface area (Å²) in [6.07, 6.45) is 5.75. The van der Waals surface area contributed by atoms with E-state index in [4.69, 9.17) is 0 Å². The van der Waals surface area contributed by atoms with Crippen LogP contribution in [0.25, 0.3) is 10.8 Å². The van der Waals surface area contributed by atoms with Crippen LogP contribution in [0.4, 0.5) is 5.69 Å². The van der Waals surface area contributed by atoms with Crippen LogP contribution >= 0.6 is 0 Å². The Labute approximate surface area is 179 Å². The van der Waals surface area contributed by atoms with E-state index in [0.717, 1.165) is 12.8 Å². The molecule has 2 unspecified atom stereocenters. The van der Waals surface area contributed by atoms with Crippen molar-refractivity contribution in [3.05, 3.63) is 77.9 Å². The van der Waals surface area contributed by atoms with E-state index >= 15 is 0 Å². The molecular weight excluding hydrogens is 392 g/mol. The molecule has 3 atom stereocenters. The van der Waals surface area contributed by atoms with Crippen molar-refractivity contribution in [2.45, 2.75) is 50.6 Å². The zero-order valence-corrected chi connectivity index (χ0v) is 18.5. The fourth-order valence-electron chi connectivity index (χ4n) is 4.79. The Morgan fingerprint density at radius 3 is 2.57 bits per heavy atom. The van der Waals surface area contributed by atoms with E-state index in [2.05, 4.69) is 65.5 Å². The summed E-state index contributed by atoms with van der Waals surface area (Å²) in [7, 11) is -3.26. The molecule has 1 fully saturated rings. The maximum atomic E-state index is 11.6. The lowest BCUT2D eigenvalue weighted by Gasteiger charge is -2.33. The number of sulfonamides is 1. The molecule has 5 heteroatoms. The SMILES string of the molecule is C[C@@H](NC1CCCC(c2cccc(NS(C)(=O)=O)c2)C1)c1cccc2ccccc12. The minimum Gasteiger partial charge on any atom is -0.307 e. The fourth-order valence-corrected chi connectivity index (χ4v) is 5.34. The topological polar surface area (TPSA) is 58.2 Å². The zero-order valence-electron chi connectivity index (χ0n) is 17.6. The van der Waals surface area contributed by atoms with Crippen LogP contribution < -0.4 is 10.0 Å². The highest BCUT2D eigenvalue weighted by atomic mass is 32.2. The first-order chi connectivity index (χ1) is 14.4. The molecule has 2 N–H and O–H groups in total. The van der Waals surface area contributed by atoms with Gasteiger partial charge in [0.1, 0.15) is 0 Å². The normalized spacial score (nSPS) is 20.7. The van der Waals surface area contributed by atoms with E-state index in [9.17, 15) is 8.42 Å². The van der Waals surface area contributed by atoms with Crippen molar-refractivity contribution in [3.63, 3.8) is 0 Å². The molecule has 158 valence electrons. The van der Waals surface area contributed by atoms with Crippen molar-refractivity contribution in [1.82, 2.24) is 5.32 Å². The molecule has 0 radical (unpaired) electrons. The molecule has 30 heavy (non-hydrogen) atoms. The Morgan fingerprint density at radius 2 is 1.73 bits per heavy atom. The van der Waals surface area contributed by atoms with Crippen molar-refractivity contribution in [2.24, 2.45) is 0 Å². The highest BCUT2D eigenvalue weighted by Gasteiger charge is 2.25. The molecule has 4 nitrogen and oxygen atoms in total. The number of rotatable bonds is 6. The van der Waals surface area contributed by atoms with Crippen LogP contribution in [0.1, 0.15) is 55.7 Å². The minimum atomic E-state index is -3.26. The molecule has 1 saturated carbocycles. The molecule has 0 saturated heterocycles. The van der Waals surface area contributed by atoms with Gasteiger partial charge in [-0.25, -0.2) is 8.42 Å². The van der Waals surface area contributed by atoms with Gasteiger partial charge in [-0.15, -0.1) is 0 Å². The standard InChI is InChI=1S/C25H30N2O2S/c1-18(24-15-7-9-19-8-3-4-14-25(19)24)26-22-12-5-10-20(16-22)21-11-6-13-23(17-21)27-30(2,28)29/h3-4,6-9,11,13-15,17-18,20,22,26-27H,5,10,12,16H2,1-2H3/t18-,20?,22?/m1/s1. The maximum Gasteiger partial charge on any atom is 0.229 e. The zero-order chi connectivity index (χ0) is 21.1. The molecule has 0 spiro atoms. The summed E-state index contributed by atoms with van der Waals surface area (Å²) in [5.74, 6) is 0.442. The van der Waals surface area contributed by atoms with Gasteiger partial charge >= 0.3 is 0 Å². The Kier molecular flexibility index (Phi) is 6.11. The largest absolute Gasteiger partial charge is 0.307 e. The second kappa shape index (κ2) is 8.78. The fraction of sp³-hybridized carbons (Fsp3) is 0.360. The average molecular weight is 423 g/mol. The Bertz CT molecular complexity index is 1120. The first-order valence-corrected chi connectivity index (χ1v) is 12.6. The van der Waals surface area contributed by atoms with E-state index < -0.39 is 10.0 Å². The van der Waals surface area contributed by atoms with Crippen molar-refractivity contribution in [3.8, 4) is 0 Å². The Balaban J connectivity index is 1.47. The summed E-state index contributed by atoms with van der Waals surface area (Å²) in [5, 5.41) is 6.46. The van der Waals surface area contributed by atoms with E-state index in [0.29, 0.717) is 17.6 Å². The van der Waals surface area contributed by atoms with Gasteiger partial charge in [-0.1, -0.05) is 61.0 Å². The van der Waals surface area contributed by atoms with Crippen LogP contribution in [-0.4, -0.2) is 20.7 Å². The number of fused-ring (bicyclic) bond motifs is 1. The van der Waals surface area contributed by atoms with Gasteiger partial charge in [0.25, 0.3) is 0 Å². The maximum absolute atomic E-state index is 11.6. The molecule has 0 bridgehead atoms. The number of hydrogen-bond acceptors (Lipinski definition) is 3. The first kappa shape index (κ1) is 20.9. The number of benzene rings is 3. The van der Waals surface area contributed by atoms with E-state index in [-0.39, 0.29) is 6.04 Å². The number of nitrogens with one attached hydrogen (secondary N) is 2. The summed E-state index contributed by atoms with van der Waals surface area (Å²) in [6, 6.07) is 23.7. The molecule has 1 aliphatic carbocycles. The molecule has 0 aliphatic heterocycles. The average Bonchev–Trinajstić information content (AvgIpc) is 2.72. The lowest BCUT2D eigenvalue weighted by Crippen LogP contribution is -2.35. The number of anilines is 1. The van der Waals surface area contributed by atoms with E-state index in [1.54, 1.807) is 0 Å². The summed E-state index contributed by atoms with van der Waals surface area (Å²) >= 11 is 0. The van der Waals surface area contributed by atoms with Crippen molar-refractivity contribution in [1.29, 1.82) is 0 Å². The van der Waals surface area contributed by atoms with Gasteiger partial charge in [-0.3, -0.25) is 4.72 Å². The summed E-state index contributed by atoms with van der Waals surface area (Å²) in [6.45, 7) is 2.25. The molecular formula is C25H30N2O2S. The monoisotopic (exact) mass is 422 g/mol. The molecule has 0 aromatic heterocycles. The highest BCUT2D eigenvalue weighted by molar-refractivity contribution is 7.92. The van der Waals surface area contributed by atoms with Crippen LogP contribution in [0.3, 0.4) is 0 Å². The summed E-state index contributed by atoms with van der Waals surface area (Å²) < 4.78 is 25.7. The quantitative estimate of drug-likeness (QED) is 0.544. The van der Waals surface area contributed by atoms with Gasteiger partial charge < -0.3 is 5.32 Å². The third-order valence-electron chi connectivity index (χ3n) is 6.11. The van der Waals surface area contributed by atoms with Gasteiger partial charge in [0.05, 0.1) is 6.26 Å². The first-order valence-electron chi connectivity index (χ1n) is 10.7. The van der Waals surface area contributed by atoms with Gasteiger partial charge in [0.2, 0.25) is 10.0 Å². The van der Waals surface area contributed by atoms with Crippen LogP contribution in [-0.2, 0) is 10.0 Å². The Morgan fingerprint density at radius 1 is 0.967 bits per heavy atom. The van der Waals surface area contributed by atoms with E-state index in [1.807, 2.05) is 18.2 Å². The lowest BCUT2D eigenvalue weighted by molar-refractivity contribution is 0.319. The van der Waals surface area contributed by atoms with Crippen LogP contribution in [0.15, 0.2) is 66.7 Å². The predicted octanol–water partition coefficient (Wildman–Crippen LogP) is 5.59. The number of hydrogen-bond donors (Lipinski definition) is 2. The predicted molar refractivity (Wildman–Crippen MR) is 125 cm³/mol. The van der Waals surface area contributed by atoms with Crippen LogP contribution in [0, 0.1) is 0 Å². The highest BCUT2D eigenvalue weighted by Crippen LogP contribution is 2.35. The molecule has 0 heterocycles. The summed E-state index contributed by atoms with van der Waals surface area (Å²) in [4.78, 5) is 0. The van der Waals surface area contributed by atoms with Gasteiger partial charge in [0.15, 0.2) is 0 Å². The van der Waals surface area contributed by atoms with Crippen LogP contribution in [0.2, 0.25) is 0 Å². The molecule has 4 rings (SSSR count). The van der Waals surface area contributed by atoms with Gasteiger partial charge in [-0.05, 0) is 66.1 Å². The summed E-state index contributed by atoms with van der Waals surface area (Å²) in [5.41, 5.74) is 3.21. The second-order valence-electron chi connectivity index (χ2n) is 8.52. The lowest BCUT2D eigenvalue weighted by atomic mass is 9.81. The van der Waals surface area contributed by atoms with E-state index in [1.165, 1.54) is 41.0 Å². The second-order valence-corrected chi connectivity index (χ2v) is 10.3. The molecule has 1 aliphatic rings. The molecule has 0 amide bonds. The molecule has 3 aromatic carbocycles. The van der Waals surface area contributed by atoms with Crippen molar-refractivity contribution < 1.29 is 8.42 Å². The third kappa shape index (κ3) is 5.02. The van der Waals surface area contributed by atoms with Crippen molar-refractivity contribution >= 4 is 26.5 Å². The van der Waals surface area contributed by atoms with Gasteiger partial charge in [0, 0.05) is 17.8 Å². The van der Waals surface area contributed by atoms with Crippen LogP contribution in [0.5, 0.6) is 0 Å². The van der Waals surface area contributed by atoms with Crippen molar-refractivity contribution in [2.75, 3.05) is 11.0 Å². The smallest absolute Gasteiger partial charge is 0.229 e. The minimum absolute atomic E-state index is 0.276.